The summed E-state index contributed by atoms with van der Waals surface area (Å²) in [4.78, 5) is 12.8. The average Bonchev–Trinajstić information content (AvgIpc) is 2.38. The highest BCUT2D eigenvalue weighted by atomic mass is 16.5. The fourth-order valence-corrected chi connectivity index (χ4v) is 2.71. The highest BCUT2D eigenvalue weighted by molar-refractivity contribution is 5.94. The summed E-state index contributed by atoms with van der Waals surface area (Å²) < 4.78 is 11.5. The van der Waals surface area contributed by atoms with E-state index in [0.717, 1.165) is 25.4 Å². The zero-order chi connectivity index (χ0) is 14.5. The zero-order valence-corrected chi connectivity index (χ0v) is 12.5. The molecule has 2 rings (SSSR count). The van der Waals surface area contributed by atoms with Crippen LogP contribution in [0, 0.1) is 0 Å². The maximum Gasteiger partial charge on any atom is 0.159 e. The van der Waals surface area contributed by atoms with E-state index in [0.29, 0.717) is 24.4 Å². The first-order valence-electron chi connectivity index (χ1n) is 7.27. The number of nitrogens with one attached hydrogen (secondary N) is 1. The van der Waals surface area contributed by atoms with Crippen molar-refractivity contribution in [3.8, 4) is 5.75 Å². The monoisotopic (exact) mass is 278 g/mol. The fourth-order valence-electron chi connectivity index (χ4n) is 2.71. The standard InChI is InChI=1S/C16H23NO3/c1-12-10-17(11-13(2)20-12)7-8-19-16-6-4-5-15(9-16)14(3)18/h4-6,9,12-13H,7-8,10-11H2,1-3H3/p+1/t12-,13+. The van der Waals surface area contributed by atoms with E-state index >= 15 is 0 Å². The maximum absolute atomic E-state index is 11.3. The van der Waals surface area contributed by atoms with Gasteiger partial charge in [-0.3, -0.25) is 4.79 Å². The van der Waals surface area contributed by atoms with Crippen molar-refractivity contribution in [2.75, 3.05) is 26.2 Å². The van der Waals surface area contributed by atoms with Gasteiger partial charge in [0.05, 0.1) is 0 Å². The number of ether oxygens (including phenoxy) is 2. The summed E-state index contributed by atoms with van der Waals surface area (Å²) >= 11 is 0. The average molecular weight is 278 g/mol. The third-order valence-corrected chi connectivity index (χ3v) is 3.58. The number of quaternary nitrogens is 1. The van der Waals surface area contributed by atoms with Gasteiger partial charge in [-0.15, -0.1) is 0 Å². The first kappa shape index (κ1) is 15.0. The van der Waals surface area contributed by atoms with Crippen LogP contribution in [0.25, 0.3) is 0 Å². The molecule has 1 heterocycles. The zero-order valence-electron chi connectivity index (χ0n) is 12.5. The molecule has 0 radical (unpaired) electrons. The van der Waals surface area contributed by atoms with Crippen molar-refractivity contribution in [1.29, 1.82) is 0 Å². The van der Waals surface area contributed by atoms with Gasteiger partial charge in [-0.1, -0.05) is 12.1 Å². The lowest BCUT2D eigenvalue weighted by molar-refractivity contribution is -0.915. The number of rotatable bonds is 5. The molecule has 3 atom stereocenters. The third-order valence-electron chi connectivity index (χ3n) is 3.58. The molecule has 1 aliphatic heterocycles. The molecule has 1 N–H and O–H groups in total. The minimum Gasteiger partial charge on any atom is -0.488 e. The summed E-state index contributed by atoms with van der Waals surface area (Å²) in [7, 11) is 0. The molecule has 4 nitrogen and oxygen atoms in total. The van der Waals surface area contributed by atoms with Crippen LogP contribution in [0.2, 0.25) is 0 Å². The molecule has 1 saturated heterocycles. The van der Waals surface area contributed by atoms with Gasteiger partial charge in [-0.25, -0.2) is 0 Å². The lowest BCUT2D eigenvalue weighted by Gasteiger charge is -2.32. The lowest BCUT2D eigenvalue weighted by Crippen LogP contribution is -3.16. The smallest absolute Gasteiger partial charge is 0.159 e. The van der Waals surface area contributed by atoms with Gasteiger partial charge in [-0.05, 0) is 32.9 Å². The quantitative estimate of drug-likeness (QED) is 0.816. The summed E-state index contributed by atoms with van der Waals surface area (Å²) in [5.74, 6) is 0.836. The Balaban J connectivity index is 1.81. The van der Waals surface area contributed by atoms with Crippen molar-refractivity contribution < 1.29 is 19.2 Å². The number of carbonyl (C=O) groups is 1. The molecular formula is C16H24NO3+. The van der Waals surface area contributed by atoms with Crippen LogP contribution in [-0.2, 0) is 4.74 Å². The van der Waals surface area contributed by atoms with Crippen LogP contribution in [-0.4, -0.2) is 44.2 Å². The molecule has 110 valence electrons. The largest absolute Gasteiger partial charge is 0.488 e. The van der Waals surface area contributed by atoms with Gasteiger partial charge in [0.25, 0.3) is 0 Å². The summed E-state index contributed by atoms with van der Waals surface area (Å²) in [5, 5.41) is 0. The van der Waals surface area contributed by atoms with Crippen LogP contribution in [0.1, 0.15) is 31.1 Å². The van der Waals surface area contributed by atoms with Gasteiger partial charge in [0.15, 0.2) is 5.78 Å². The molecular weight excluding hydrogens is 254 g/mol. The Morgan fingerprint density at radius 3 is 2.70 bits per heavy atom. The molecule has 4 heteroatoms. The lowest BCUT2D eigenvalue weighted by atomic mass is 10.1. The van der Waals surface area contributed by atoms with Crippen molar-refractivity contribution in [2.24, 2.45) is 0 Å². The van der Waals surface area contributed by atoms with E-state index in [9.17, 15) is 4.79 Å². The van der Waals surface area contributed by atoms with E-state index < -0.39 is 0 Å². The SMILES string of the molecule is CC(=O)c1cccc(OCC[NH+]2C[C@@H](C)O[C@@H](C)C2)c1. The van der Waals surface area contributed by atoms with Crippen LogP contribution in [0.3, 0.4) is 0 Å². The maximum atomic E-state index is 11.3. The van der Waals surface area contributed by atoms with Gasteiger partial charge in [0.2, 0.25) is 0 Å². The van der Waals surface area contributed by atoms with Crippen LogP contribution in [0.5, 0.6) is 5.75 Å². The topological polar surface area (TPSA) is 40.0 Å². The van der Waals surface area contributed by atoms with Crippen molar-refractivity contribution in [3.05, 3.63) is 29.8 Å². The van der Waals surface area contributed by atoms with E-state index in [1.54, 1.807) is 6.92 Å². The van der Waals surface area contributed by atoms with Crippen LogP contribution in [0.4, 0.5) is 0 Å². The first-order valence-corrected chi connectivity index (χ1v) is 7.27. The molecule has 20 heavy (non-hydrogen) atoms. The first-order chi connectivity index (χ1) is 9.54. The number of ketones is 1. The molecule has 1 aromatic rings. The Hall–Kier alpha value is -1.39. The van der Waals surface area contributed by atoms with Crippen molar-refractivity contribution in [1.82, 2.24) is 0 Å². The van der Waals surface area contributed by atoms with Gasteiger partial charge in [-0.2, -0.15) is 0 Å². The fraction of sp³-hybridized carbons (Fsp3) is 0.562. The molecule has 0 saturated carbocycles. The Kier molecular flexibility index (Phi) is 5.15. The van der Waals surface area contributed by atoms with E-state index in [2.05, 4.69) is 13.8 Å². The van der Waals surface area contributed by atoms with Crippen LogP contribution >= 0.6 is 0 Å². The summed E-state index contributed by atoms with van der Waals surface area (Å²) in [5.41, 5.74) is 0.698. The number of morpholine rings is 1. The van der Waals surface area contributed by atoms with Crippen molar-refractivity contribution in [2.45, 2.75) is 33.0 Å². The van der Waals surface area contributed by atoms with E-state index in [4.69, 9.17) is 9.47 Å². The Bertz CT molecular complexity index is 451. The second-order valence-electron chi connectivity index (χ2n) is 5.60. The van der Waals surface area contributed by atoms with Crippen LogP contribution < -0.4 is 9.64 Å². The predicted octanol–water partition coefficient (Wildman–Crippen LogP) is 0.960. The molecule has 0 bridgehead atoms. The third kappa shape index (κ3) is 4.32. The molecule has 0 aliphatic carbocycles. The second kappa shape index (κ2) is 6.86. The van der Waals surface area contributed by atoms with Crippen molar-refractivity contribution in [3.63, 3.8) is 0 Å². The second-order valence-corrected chi connectivity index (χ2v) is 5.60. The minimum absolute atomic E-state index is 0.0666. The van der Waals surface area contributed by atoms with Gasteiger partial charge in [0, 0.05) is 5.56 Å². The van der Waals surface area contributed by atoms with Gasteiger partial charge >= 0.3 is 0 Å². The molecule has 1 aromatic carbocycles. The Morgan fingerprint density at radius 2 is 2.05 bits per heavy atom. The normalized spacial score (nSPS) is 26.2. The number of benzene rings is 1. The van der Waals surface area contributed by atoms with E-state index in [1.165, 1.54) is 4.90 Å². The Labute approximate surface area is 120 Å². The molecule has 1 fully saturated rings. The molecule has 0 spiro atoms. The highest BCUT2D eigenvalue weighted by Crippen LogP contribution is 2.13. The number of hydrogen-bond donors (Lipinski definition) is 1. The Morgan fingerprint density at radius 1 is 1.35 bits per heavy atom. The number of Topliss-reactive ketones (excluding diaryl/α,β-unsaturated/α-hetero) is 1. The number of hydrogen-bond acceptors (Lipinski definition) is 3. The number of carbonyl (C=O) groups excluding carboxylic acids is 1. The van der Waals surface area contributed by atoms with Crippen molar-refractivity contribution >= 4 is 5.78 Å². The highest BCUT2D eigenvalue weighted by Gasteiger charge is 2.25. The molecule has 1 aliphatic rings. The predicted molar refractivity (Wildman–Crippen MR) is 77.5 cm³/mol. The summed E-state index contributed by atoms with van der Waals surface area (Å²) in [6.45, 7) is 9.49. The molecule has 0 aromatic heterocycles. The van der Waals surface area contributed by atoms with E-state index in [-0.39, 0.29) is 5.78 Å². The molecule has 1 unspecified atom stereocenters. The summed E-state index contributed by atoms with van der Waals surface area (Å²) in [6.07, 6.45) is 0.629. The van der Waals surface area contributed by atoms with Gasteiger partial charge < -0.3 is 14.4 Å². The van der Waals surface area contributed by atoms with Gasteiger partial charge in [0.1, 0.15) is 44.2 Å². The minimum atomic E-state index is 0.0666. The summed E-state index contributed by atoms with van der Waals surface area (Å²) in [6, 6.07) is 7.37. The van der Waals surface area contributed by atoms with E-state index in [1.807, 2.05) is 24.3 Å². The van der Waals surface area contributed by atoms with Crippen LogP contribution in [0.15, 0.2) is 24.3 Å². The molecule has 0 amide bonds.